The molecule has 3 aromatic rings. The van der Waals surface area contributed by atoms with Crippen LogP contribution in [0.4, 0.5) is 5.69 Å². The molecule has 0 spiro atoms. The normalized spacial score (nSPS) is 13.5. The molecular weight excluding hydrogens is 440 g/mol. The Labute approximate surface area is 196 Å². The van der Waals surface area contributed by atoms with Crippen LogP contribution in [0.1, 0.15) is 40.0 Å². The number of aryl methyl sites for hydroxylation is 2. The van der Waals surface area contributed by atoms with Gasteiger partial charge in [0.15, 0.2) is 12.4 Å². The molecule has 9 heteroatoms. The number of fused-ring (bicyclic) bond motifs is 2. The smallest absolute Gasteiger partial charge is 0.265 e. The Hall–Kier alpha value is -3.04. The lowest BCUT2D eigenvalue weighted by atomic mass is 10.1. The Morgan fingerprint density at radius 3 is 2.70 bits per heavy atom. The van der Waals surface area contributed by atoms with Crippen LogP contribution in [0.15, 0.2) is 23.0 Å². The molecule has 0 atom stereocenters. The van der Waals surface area contributed by atoms with Gasteiger partial charge in [0.1, 0.15) is 16.4 Å². The molecule has 1 aliphatic rings. The lowest BCUT2D eigenvalue weighted by Crippen LogP contribution is -2.39. The van der Waals surface area contributed by atoms with Crippen LogP contribution < -0.4 is 15.2 Å². The van der Waals surface area contributed by atoms with Crippen molar-refractivity contribution < 1.29 is 14.3 Å². The maximum Gasteiger partial charge on any atom is 0.265 e. The van der Waals surface area contributed by atoms with Gasteiger partial charge in [-0.15, -0.1) is 11.3 Å². The van der Waals surface area contributed by atoms with Crippen molar-refractivity contribution in [2.45, 2.75) is 40.3 Å². The quantitative estimate of drug-likeness (QED) is 0.495. The van der Waals surface area contributed by atoms with E-state index in [-0.39, 0.29) is 30.4 Å². The second-order valence-electron chi connectivity index (χ2n) is 8.56. The van der Waals surface area contributed by atoms with Gasteiger partial charge in [-0.3, -0.25) is 19.0 Å². The molecule has 0 N–H and O–H groups in total. The van der Waals surface area contributed by atoms with Crippen molar-refractivity contribution in [2.75, 3.05) is 32.1 Å². The highest BCUT2D eigenvalue weighted by Crippen LogP contribution is 2.33. The molecule has 0 saturated carbocycles. The van der Waals surface area contributed by atoms with E-state index in [4.69, 9.17) is 9.72 Å². The van der Waals surface area contributed by atoms with E-state index in [1.165, 1.54) is 15.9 Å². The third-order valence-corrected chi connectivity index (χ3v) is 6.90. The highest BCUT2D eigenvalue weighted by Gasteiger charge is 2.26. The highest BCUT2D eigenvalue weighted by molar-refractivity contribution is 7.18. The average Bonchev–Trinajstić information content (AvgIpc) is 3.05. The maximum atomic E-state index is 13.4. The first-order chi connectivity index (χ1) is 15.7. The van der Waals surface area contributed by atoms with Crippen molar-refractivity contribution in [3.63, 3.8) is 0 Å². The van der Waals surface area contributed by atoms with Gasteiger partial charge in [-0.05, 0) is 58.1 Å². The zero-order valence-electron chi connectivity index (χ0n) is 19.6. The molecule has 4 rings (SSSR count). The molecule has 0 saturated heterocycles. The zero-order valence-corrected chi connectivity index (χ0v) is 20.4. The second-order valence-corrected chi connectivity index (χ2v) is 9.76. The second kappa shape index (κ2) is 9.07. The molecule has 0 radical (unpaired) electrons. The van der Waals surface area contributed by atoms with Crippen LogP contribution in [0.2, 0.25) is 0 Å². The van der Waals surface area contributed by atoms with E-state index in [1.54, 1.807) is 23.1 Å². The molecule has 33 heavy (non-hydrogen) atoms. The van der Waals surface area contributed by atoms with Gasteiger partial charge >= 0.3 is 0 Å². The topological polar surface area (TPSA) is 84.7 Å². The number of carbonyl (C=O) groups is 2. The summed E-state index contributed by atoms with van der Waals surface area (Å²) in [7, 11) is 3.80. The molecule has 0 fully saturated rings. The van der Waals surface area contributed by atoms with Crippen molar-refractivity contribution in [1.82, 2.24) is 14.5 Å². The molecule has 2 aromatic heterocycles. The van der Waals surface area contributed by atoms with Crippen LogP contribution in [-0.4, -0.2) is 53.4 Å². The Balaban J connectivity index is 1.75. The monoisotopic (exact) mass is 468 g/mol. The Morgan fingerprint density at radius 2 is 2.00 bits per heavy atom. The summed E-state index contributed by atoms with van der Waals surface area (Å²) in [6.07, 6.45) is 0.789. The number of anilines is 1. The summed E-state index contributed by atoms with van der Waals surface area (Å²) in [5, 5.41) is 0.575. The van der Waals surface area contributed by atoms with Gasteiger partial charge in [-0.1, -0.05) is 6.92 Å². The molecular formula is C24H28N4O4S. The molecule has 1 aliphatic heterocycles. The van der Waals surface area contributed by atoms with E-state index in [0.29, 0.717) is 46.1 Å². The summed E-state index contributed by atoms with van der Waals surface area (Å²) in [6.45, 7) is 6.74. The average molecular weight is 469 g/mol. The largest absolute Gasteiger partial charge is 0.482 e. The molecule has 0 bridgehead atoms. The first-order valence-electron chi connectivity index (χ1n) is 11.0. The minimum Gasteiger partial charge on any atom is -0.482 e. The van der Waals surface area contributed by atoms with Crippen LogP contribution in [0.25, 0.3) is 10.2 Å². The minimum atomic E-state index is -0.222. The number of amides is 1. The number of Topliss-reactive ketones (excluding diaryl/α,β-unsaturated/α-hetero) is 1. The van der Waals surface area contributed by atoms with E-state index < -0.39 is 0 Å². The number of benzene rings is 1. The Morgan fingerprint density at radius 1 is 1.24 bits per heavy atom. The van der Waals surface area contributed by atoms with Gasteiger partial charge in [0, 0.05) is 17.0 Å². The molecule has 1 aromatic carbocycles. The number of rotatable bonds is 7. The number of aromatic nitrogens is 2. The van der Waals surface area contributed by atoms with Crippen LogP contribution >= 0.6 is 11.3 Å². The summed E-state index contributed by atoms with van der Waals surface area (Å²) in [5.74, 6) is 0.783. The predicted molar refractivity (Wildman–Crippen MR) is 130 cm³/mol. The highest BCUT2D eigenvalue weighted by atomic mass is 32.1. The van der Waals surface area contributed by atoms with E-state index in [9.17, 15) is 14.4 Å². The number of hydrogen-bond acceptors (Lipinski definition) is 7. The first kappa shape index (κ1) is 23.1. The third-order valence-electron chi connectivity index (χ3n) is 5.80. The molecule has 0 aliphatic carbocycles. The Kier molecular flexibility index (Phi) is 6.36. The van der Waals surface area contributed by atoms with Crippen molar-refractivity contribution in [1.29, 1.82) is 0 Å². The maximum absolute atomic E-state index is 13.4. The number of ether oxygens (including phenoxy) is 1. The van der Waals surface area contributed by atoms with Gasteiger partial charge in [0.2, 0.25) is 0 Å². The number of thiophene rings is 1. The van der Waals surface area contributed by atoms with Gasteiger partial charge in [-0.25, -0.2) is 4.98 Å². The number of ketones is 1. The van der Waals surface area contributed by atoms with Crippen molar-refractivity contribution in [3.8, 4) is 5.75 Å². The van der Waals surface area contributed by atoms with Crippen molar-refractivity contribution >= 4 is 38.9 Å². The number of carbonyl (C=O) groups excluding carboxylic acids is 2. The fraction of sp³-hybridized carbons (Fsp3) is 0.417. The summed E-state index contributed by atoms with van der Waals surface area (Å²) in [4.78, 5) is 49.1. The van der Waals surface area contributed by atoms with Crippen LogP contribution in [-0.2, 0) is 17.9 Å². The number of hydrogen-bond donors (Lipinski definition) is 0. The lowest BCUT2D eigenvalue weighted by Gasteiger charge is -2.29. The van der Waals surface area contributed by atoms with Gasteiger partial charge < -0.3 is 14.5 Å². The van der Waals surface area contributed by atoms with Crippen molar-refractivity contribution in [3.05, 3.63) is 50.4 Å². The van der Waals surface area contributed by atoms with Crippen LogP contribution in [0.5, 0.6) is 5.75 Å². The van der Waals surface area contributed by atoms with Crippen molar-refractivity contribution in [2.24, 2.45) is 0 Å². The standard InChI is InChI=1S/C24H28N4O4S/c1-6-9-27-17-10-16(7-8-19(17)32-13-21(27)30)18(29)11-28-20(12-26(4)5)25-23-22(24(28)31)14(2)15(3)33-23/h7-8,10H,6,9,11-13H2,1-5H3. The number of nitrogens with zero attached hydrogens (tertiary/aromatic N) is 4. The SMILES string of the molecule is CCCN1C(=O)COc2ccc(C(=O)Cn3c(CN(C)C)nc4sc(C)c(C)c4c3=O)cc21. The summed E-state index contributed by atoms with van der Waals surface area (Å²) in [5.41, 5.74) is 1.73. The van der Waals surface area contributed by atoms with E-state index in [0.717, 1.165) is 16.9 Å². The Bertz CT molecular complexity index is 1310. The molecule has 0 unspecified atom stereocenters. The summed E-state index contributed by atoms with van der Waals surface area (Å²) >= 11 is 1.50. The first-order valence-corrected chi connectivity index (χ1v) is 11.8. The van der Waals surface area contributed by atoms with E-state index in [1.807, 2.05) is 39.8 Å². The van der Waals surface area contributed by atoms with Gasteiger partial charge in [0.25, 0.3) is 11.5 Å². The molecule has 3 heterocycles. The zero-order chi connectivity index (χ0) is 23.9. The predicted octanol–water partition coefficient (Wildman–Crippen LogP) is 3.15. The van der Waals surface area contributed by atoms with Gasteiger partial charge in [0.05, 0.1) is 24.2 Å². The summed E-state index contributed by atoms with van der Waals surface area (Å²) < 4.78 is 7.02. The van der Waals surface area contributed by atoms with E-state index >= 15 is 0 Å². The molecule has 174 valence electrons. The fourth-order valence-electron chi connectivity index (χ4n) is 4.02. The third kappa shape index (κ3) is 4.30. The summed E-state index contributed by atoms with van der Waals surface area (Å²) in [6, 6.07) is 5.09. The van der Waals surface area contributed by atoms with E-state index in [2.05, 4.69) is 0 Å². The van der Waals surface area contributed by atoms with Crippen LogP contribution in [0.3, 0.4) is 0 Å². The minimum absolute atomic E-state index is 0.00528. The lowest BCUT2D eigenvalue weighted by molar-refractivity contribution is -0.121. The fourth-order valence-corrected chi connectivity index (χ4v) is 5.05. The van der Waals surface area contributed by atoms with Gasteiger partial charge in [-0.2, -0.15) is 0 Å². The molecule has 8 nitrogen and oxygen atoms in total. The molecule has 1 amide bonds. The van der Waals surface area contributed by atoms with Crippen LogP contribution in [0, 0.1) is 13.8 Å².